The molecular weight excluding hydrogens is 240 g/mol. The van der Waals surface area contributed by atoms with Gasteiger partial charge in [0.1, 0.15) is 0 Å². The van der Waals surface area contributed by atoms with E-state index in [2.05, 4.69) is 35.0 Å². The molecule has 4 rings (SSSR count). The molecule has 0 aliphatic heterocycles. The predicted octanol–water partition coefficient (Wildman–Crippen LogP) is 5.33. The Balaban J connectivity index is 2.49. The molecule has 15 heavy (non-hydrogen) atoms. The summed E-state index contributed by atoms with van der Waals surface area (Å²) in [4.78, 5) is 0. The molecule has 6 bridgehead atoms. The van der Waals surface area contributed by atoms with Gasteiger partial charge in [-0.25, -0.2) is 0 Å². The topological polar surface area (TPSA) is 0 Å². The normalized spacial score (nSPS) is 12.0. The van der Waals surface area contributed by atoms with E-state index in [0.29, 0.717) is 0 Å². The lowest BCUT2D eigenvalue weighted by Gasteiger charge is -1.77. The highest BCUT2D eigenvalue weighted by Gasteiger charge is 2.03. The largest absolute Gasteiger partial charge is 0.142 e. The van der Waals surface area contributed by atoms with Gasteiger partial charge in [-0.15, -0.1) is 34.0 Å². The van der Waals surface area contributed by atoms with Crippen molar-refractivity contribution < 1.29 is 0 Å². The number of hydrogen-bond acceptors (Lipinski definition) is 3. The summed E-state index contributed by atoms with van der Waals surface area (Å²) >= 11 is 5.58. The van der Waals surface area contributed by atoms with Gasteiger partial charge in [-0.05, 0) is 45.8 Å². The zero-order valence-electron chi connectivity index (χ0n) is 7.69. The van der Waals surface area contributed by atoms with Crippen LogP contribution in [-0.2, 0) is 0 Å². The van der Waals surface area contributed by atoms with Gasteiger partial charge < -0.3 is 0 Å². The van der Waals surface area contributed by atoms with Gasteiger partial charge in [0.15, 0.2) is 0 Å². The van der Waals surface area contributed by atoms with Gasteiger partial charge in [-0.3, -0.25) is 0 Å². The second-order valence-corrected chi connectivity index (χ2v) is 6.47. The molecule has 0 saturated heterocycles. The Hall–Kier alpha value is -0.900. The fraction of sp³-hybridized carbons (Fsp3) is 0. The van der Waals surface area contributed by atoms with Crippen molar-refractivity contribution in [1.29, 1.82) is 0 Å². The molecule has 0 N–H and O–H groups in total. The van der Waals surface area contributed by atoms with Gasteiger partial charge in [0, 0.05) is 18.8 Å². The van der Waals surface area contributed by atoms with Crippen LogP contribution in [0.5, 0.6) is 0 Å². The van der Waals surface area contributed by atoms with E-state index < -0.39 is 0 Å². The van der Waals surface area contributed by atoms with Crippen molar-refractivity contribution in [2.45, 2.75) is 0 Å². The Labute approximate surface area is 98.4 Å². The fourth-order valence-corrected chi connectivity index (χ4v) is 4.88. The first kappa shape index (κ1) is 8.28. The molecule has 0 saturated carbocycles. The van der Waals surface area contributed by atoms with Crippen LogP contribution in [0.3, 0.4) is 0 Å². The van der Waals surface area contributed by atoms with E-state index in [1.165, 1.54) is 29.6 Å². The first-order chi connectivity index (χ1) is 7.40. The molecule has 4 aromatic rings. The maximum absolute atomic E-state index is 2.30. The quantitative estimate of drug-likeness (QED) is 0.393. The maximum atomic E-state index is 2.30. The first-order valence-electron chi connectivity index (χ1n) is 4.68. The van der Waals surface area contributed by atoms with E-state index in [1.54, 1.807) is 0 Å². The summed E-state index contributed by atoms with van der Waals surface area (Å²) in [6.07, 6.45) is 0. The van der Waals surface area contributed by atoms with Crippen LogP contribution in [0.1, 0.15) is 0 Å². The van der Waals surface area contributed by atoms with Crippen molar-refractivity contribution in [1.82, 2.24) is 0 Å². The monoisotopic (exact) mass is 246 g/mol. The summed E-state index contributed by atoms with van der Waals surface area (Å²) < 4.78 is 5.59. The molecule has 72 valence electrons. The van der Waals surface area contributed by atoms with Gasteiger partial charge in [0.25, 0.3) is 0 Å². The highest BCUT2D eigenvalue weighted by Crippen LogP contribution is 2.35. The average Bonchev–Trinajstić information content (AvgIpc) is 2.96. The lowest BCUT2D eigenvalue weighted by atomic mass is 10.2. The van der Waals surface area contributed by atoms with Crippen LogP contribution in [-0.4, -0.2) is 0 Å². The second kappa shape index (κ2) is 2.82. The Morgan fingerprint density at radius 2 is 1.20 bits per heavy atom. The second-order valence-electron chi connectivity index (χ2n) is 3.56. The van der Waals surface area contributed by atoms with Crippen molar-refractivity contribution in [3.05, 3.63) is 35.0 Å². The molecule has 0 amide bonds. The number of hydrogen-bond donors (Lipinski definition) is 0. The summed E-state index contributed by atoms with van der Waals surface area (Å²) in [6, 6.07) is 9.08. The summed E-state index contributed by atoms with van der Waals surface area (Å²) in [5.41, 5.74) is 0. The van der Waals surface area contributed by atoms with E-state index in [4.69, 9.17) is 0 Å². The van der Waals surface area contributed by atoms with Crippen LogP contribution >= 0.6 is 34.0 Å². The first-order valence-corrected chi connectivity index (χ1v) is 7.26. The third-order valence-corrected chi connectivity index (χ3v) is 5.96. The molecule has 0 aromatic carbocycles. The molecular formula is C12H6S3. The summed E-state index contributed by atoms with van der Waals surface area (Å²) in [6.45, 7) is 0. The van der Waals surface area contributed by atoms with Gasteiger partial charge in [-0.2, -0.15) is 0 Å². The summed E-state index contributed by atoms with van der Waals surface area (Å²) in [5.74, 6) is 0. The highest BCUT2D eigenvalue weighted by atomic mass is 32.1. The molecule has 0 atom stereocenters. The van der Waals surface area contributed by atoms with E-state index in [9.17, 15) is 0 Å². The summed E-state index contributed by atoms with van der Waals surface area (Å²) in [7, 11) is 0. The standard InChI is InChI=1S/C12H6S3/c1-2-10-12-4-8(6-14-12)7-3-11(13-5-7)9(1)15-10/h1-6H. The lowest BCUT2D eigenvalue weighted by molar-refractivity contribution is 2.10. The molecule has 0 fully saturated rings. The third kappa shape index (κ3) is 1.11. The van der Waals surface area contributed by atoms with Crippen molar-refractivity contribution in [3.8, 4) is 0 Å². The molecule has 0 radical (unpaired) electrons. The zero-order valence-corrected chi connectivity index (χ0v) is 10.1. The highest BCUT2D eigenvalue weighted by molar-refractivity contribution is 7.31. The van der Waals surface area contributed by atoms with E-state index >= 15 is 0 Å². The van der Waals surface area contributed by atoms with Crippen molar-refractivity contribution in [3.63, 3.8) is 0 Å². The Kier molecular flexibility index (Phi) is 1.55. The van der Waals surface area contributed by atoms with Crippen LogP contribution < -0.4 is 0 Å². The third-order valence-electron chi connectivity index (χ3n) is 2.62. The van der Waals surface area contributed by atoms with Crippen molar-refractivity contribution >= 4 is 63.6 Å². The van der Waals surface area contributed by atoms with Crippen molar-refractivity contribution in [2.75, 3.05) is 0 Å². The molecule has 0 nitrogen and oxygen atoms in total. The average molecular weight is 246 g/mol. The Morgan fingerprint density at radius 3 is 1.73 bits per heavy atom. The fourth-order valence-electron chi connectivity index (χ4n) is 1.84. The lowest BCUT2D eigenvalue weighted by Crippen LogP contribution is -1.52. The van der Waals surface area contributed by atoms with E-state index in [-0.39, 0.29) is 0 Å². The van der Waals surface area contributed by atoms with Crippen LogP contribution in [0.15, 0.2) is 35.0 Å². The molecule has 0 unspecified atom stereocenters. The molecule has 4 heterocycles. The number of thiophene rings is 3. The predicted molar refractivity (Wildman–Crippen MR) is 72.6 cm³/mol. The van der Waals surface area contributed by atoms with Gasteiger partial charge in [0.2, 0.25) is 0 Å². The zero-order chi connectivity index (χ0) is 9.83. The summed E-state index contributed by atoms with van der Waals surface area (Å²) in [5, 5.41) is 7.25. The molecule has 0 spiro atoms. The smallest absolute Gasteiger partial charge is 0.0449 e. The van der Waals surface area contributed by atoms with E-state index in [0.717, 1.165) is 0 Å². The van der Waals surface area contributed by atoms with Crippen LogP contribution in [0.25, 0.3) is 29.6 Å². The number of rotatable bonds is 0. The maximum Gasteiger partial charge on any atom is 0.0449 e. The SMILES string of the molecule is c1sc2cc1c1csc(c1)c1ccc2s1. The van der Waals surface area contributed by atoms with Gasteiger partial charge >= 0.3 is 0 Å². The Morgan fingerprint density at radius 1 is 0.667 bits per heavy atom. The van der Waals surface area contributed by atoms with Crippen LogP contribution in [0, 0.1) is 0 Å². The minimum Gasteiger partial charge on any atom is -0.142 e. The minimum absolute atomic E-state index is 1.37. The Bertz CT molecular complexity index is 604. The van der Waals surface area contributed by atoms with Gasteiger partial charge in [0.05, 0.1) is 0 Å². The van der Waals surface area contributed by atoms with Crippen molar-refractivity contribution in [2.24, 2.45) is 0 Å². The molecule has 0 aliphatic rings. The molecule has 0 aliphatic carbocycles. The molecule has 3 heteroatoms. The minimum atomic E-state index is 1.37. The van der Waals surface area contributed by atoms with Crippen LogP contribution in [0.4, 0.5) is 0 Å². The van der Waals surface area contributed by atoms with Gasteiger partial charge in [-0.1, -0.05) is 0 Å². The van der Waals surface area contributed by atoms with E-state index in [1.807, 2.05) is 34.0 Å². The van der Waals surface area contributed by atoms with Crippen LogP contribution in [0.2, 0.25) is 0 Å². The molecule has 4 aromatic heterocycles. The number of fused-ring (bicyclic) bond motifs is 9.